The highest BCUT2D eigenvalue weighted by molar-refractivity contribution is 8.01. The van der Waals surface area contributed by atoms with Crippen LogP contribution in [-0.4, -0.2) is 28.0 Å². The average Bonchev–Trinajstić information content (AvgIpc) is 2.90. The van der Waals surface area contributed by atoms with Crippen molar-refractivity contribution in [3.05, 3.63) is 29.3 Å². The molecule has 22 heavy (non-hydrogen) atoms. The van der Waals surface area contributed by atoms with E-state index in [4.69, 9.17) is 4.74 Å². The van der Waals surface area contributed by atoms with Crippen LogP contribution in [0.1, 0.15) is 25.0 Å². The summed E-state index contributed by atoms with van der Waals surface area (Å²) in [5, 5.41) is 11.2. The van der Waals surface area contributed by atoms with E-state index in [0.717, 1.165) is 15.7 Å². The van der Waals surface area contributed by atoms with Crippen LogP contribution < -0.4 is 10.1 Å². The van der Waals surface area contributed by atoms with Crippen molar-refractivity contribution in [2.24, 2.45) is 0 Å². The van der Waals surface area contributed by atoms with Crippen molar-refractivity contribution < 1.29 is 9.53 Å². The van der Waals surface area contributed by atoms with Crippen molar-refractivity contribution in [2.45, 2.75) is 38.1 Å². The molecule has 0 aliphatic carbocycles. The fourth-order valence-corrected chi connectivity index (χ4v) is 3.35. The first kappa shape index (κ1) is 16.8. The molecule has 1 heterocycles. The third-order valence-electron chi connectivity index (χ3n) is 3.06. The summed E-state index contributed by atoms with van der Waals surface area (Å²) < 4.78 is 6.53. The Morgan fingerprint density at radius 1 is 1.36 bits per heavy atom. The number of hydrogen-bond acceptors (Lipinski definition) is 6. The molecule has 1 atom stereocenters. The summed E-state index contributed by atoms with van der Waals surface area (Å²) in [6, 6.07) is 5.78. The van der Waals surface area contributed by atoms with E-state index in [9.17, 15) is 4.79 Å². The van der Waals surface area contributed by atoms with Crippen LogP contribution in [0.25, 0.3) is 0 Å². The summed E-state index contributed by atoms with van der Waals surface area (Å²) >= 11 is 2.97. The van der Waals surface area contributed by atoms with E-state index in [1.54, 1.807) is 18.7 Å². The monoisotopic (exact) mass is 337 g/mol. The number of amides is 1. The first-order chi connectivity index (χ1) is 10.5. The maximum Gasteiger partial charge on any atom is 0.266 e. The van der Waals surface area contributed by atoms with Crippen molar-refractivity contribution in [1.29, 1.82) is 0 Å². The van der Waals surface area contributed by atoms with Crippen LogP contribution in [0.4, 0.5) is 5.13 Å². The molecule has 1 aromatic heterocycles. The van der Waals surface area contributed by atoms with E-state index in [0.29, 0.717) is 10.9 Å². The number of thioether (sulfide) groups is 1. The Balaban J connectivity index is 1.94. The number of anilines is 1. The van der Waals surface area contributed by atoms with Crippen LogP contribution in [0.15, 0.2) is 22.5 Å². The molecule has 2 aromatic rings. The Morgan fingerprint density at radius 3 is 2.82 bits per heavy atom. The molecule has 0 radical (unpaired) electrons. The first-order valence-electron chi connectivity index (χ1n) is 7.00. The van der Waals surface area contributed by atoms with Crippen molar-refractivity contribution >= 4 is 34.1 Å². The predicted molar refractivity (Wildman–Crippen MR) is 90.9 cm³/mol. The number of carbonyl (C=O) groups excluding carboxylic acids is 1. The second kappa shape index (κ2) is 7.60. The Bertz CT molecular complexity index is 658. The van der Waals surface area contributed by atoms with Crippen LogP contribution in [0, 0.1) is 13.8 Å². The maximum atomic E-state index is 12.1. The molecule has 118 valence electrons. The van der Waals surface area contributed by atoms with Gasteiger partial charge in [-0.3, -0.25) is 10.1 Å². The number of rotatable bonds is 6. The minimum atomic E-state index is -0.603. The molecular weight excluding hydrogens is 318 g/mol. The lowest BCUT2D eigenvalue weighted by molar-refractivity contribution is -0.122. The zero-order valence-corrected chi connectivity index (χ0v) is 14.7. The summed E-state index contributed by atoms with van der Waals surface area (Å²) in [7, 11) is 0. The van der Waals surface area contributed by atoms with Gasteiger partial charge in [0, 0.05) is 0 Å². The molecule has 0 spiro atoms. The first-order valence-corrected chi connectivity index (χ1v) is 8.81. The molecule has 0 bridgehead atoms. The van der Waals surface area contributed by atoms with Gasteiger partial charge in [-0.1, -0.05) is 36.1 Å². The van der Waals surface area contributed by atoms with Crippen LogP contribution in [-0.2, 0) is 4.79 Å². The van der Waals surface area contributed by atoms with Crippen LogP contribution in [0.3, 0.4) is 0 Å². The summed E-state index contributed by atoms with van der Waals surface area (Å²) in [6.07, 6.45) is -0.603. The summed E-state index contributed by atoms with van der Waals surface area (Å²) in [6.45, 7) is 7.81. The second-order valence-corrected chi connectivity index (χ2v) is 7.29. The lowest BCUT2D eigenvalue weighted by Gasteiger charge is -2.14. The molecule has 1 N–H and O–H groups in total. The molecule has 7 heteroatoms. The number of aryl methyl sites for hydroxylation is 2. The average molecular weight is 337 g/mol. The van der Waals surface area contributed by atoms with Gasteiger partial charge in [0.15, 0.2) is 10.4 Å². The highest BCUT2D eigenvalue weighted by atomic mass is 32.2. The third-order valence-corrected chi connectivity index (χ3v) is 4.92. The second-order valence-electron chi connectivity index (χ2n) is 4.80. The van der Waals surface area contributed by atoms with E-state index < -0.39 is 6.10 Å². The molecular formula is C15H19N3O2S2. The van der Waals surface area contributed by atoms with Crippen molar-refractivity contribution in [3.8, 4) is 5.75 Å². The molecule has 5 nitrogen and oxygen atoms in total. The summed E-state index contributed by atoms with van der Waals surface area (Å²) in [5.74, 6) is 1.38. The Labute approximate surface area is 138 Å². The van der Waals surface area contributed by atoms with Gasteiger partial charge in [0.25, 0.3) is 5.91 Å². The molecule has 0 aliphatic heterocycles. The highest BCUT2D eigenvalue weighted by Crippen LogP contribution is 2.25. The maximum absolute atomic E-state index is 12.1. The lowest BCUT2D eigenvalue weighted by atomic mass is 10.1. The van der Waals surface area contributed by atoms with Crippen LogP contribution in [0.2, 0.25) is 0 Å². The molecule has 2 rings (SSSR count). The van der Waals surface area contributed by atoms with Gasteiger partial charge in [0.05, 0.1) is 0 Å². The molecule has 0 saturated heterocycles. The number of carbonyl (C=O) groups is 1. The fourth-order valence-electron chi connectivity index (χ4n) is 1.69. The fraction of sp³-hybridized carbons (Fsp3) is 0.400. The minimum Gasteiger partial charge on any atom is -0.481 e. The van der Waals surface area contributed by atoms with Gasteiger partial charge in [-0.25, -0.2) is 0 Å². The quantitative estimate of drug-likeness (QED) is 0.643. The molecule has 1 amide bonds. The van der Waals surface area contributed by atoms with Gasteiger partial charge < -0.3 is 4.74 Å². The van der Waals surface area contributed by atoms with E-state index in [2.05, 4.69) is 15.5 Å². The van der Waals surface area contributed by atoms with Gasteiger partial charge >= 0.3 is 0 Å². The van der Waals surface area contributed by atoms with Crippen LogP contribution in [0.5, 0.6) is 5.75 Å². The minimum absolute atomic E-state index is 0.234. The van der Waals surface area contributed by atoms with Gasteiger partial charge in [-0.2, -0.15) is 0 Å². The Kier molecular flexibility index (Phi) is 5.79. The number of benzene rings is 1. The molecule has 0 unspecified atom stereocenters. The summed E-state index contributed by atoms with van der Waals surface area (Å²) in [4.78, 5) is 12.1. The summed E-state index contributed by atoms with van der Waals surface area (Å²) in [5.41, 5.74) is 2.33. The smallest absolute Gasteiger partial charge is 0.266 e. The van der Waals surface area contributed by atoms with Gasteiger partial charge in [0.2, 0.25) is 5.13 Å². The normalized spacial score (nSPS) is 12.0. The number of nitrogens with zero attached hydrogens (tertiary/aromatic N) is 2. The van der Waals surface area contributed by atoms with Gasteiger partial charge in [-0.15, -0.1) is 10.2 Å². The van der Waals surface area contributed by atoms with Crippen molar-refractivity contribution in [1.82, 2.24) is 10.2 Å². The topological polar surface area (TPSA) is 64.1 Å². The number of aromatic nitrogens is 2. The van der Waals surface area contributed by atoms with Crippen LogP contribution >= 0.6 is 23.1 Å². The molecule has 1 aromatic carbocycles. The highest BCUT2D eigenvalue weighted by Gasteiger charge is 2.17. The Hall–Kier alpha value is -1.60. The number of ether oxygens (including phenoxy) is 1. The van der Waals surface area contributed by atoms with Gasteiger partial charge in [0.1, 0.15) is 5.75 Å². The van der Waals surface area contributed by atoms with E-state index in [1.165, 1.54) is 16.9 Å². The lowest BCUT2D eigenvalue weighted by Crippen LogP contribution is -2.30. The van der Waals surface area contributed by atoms with Gasteiger partial charge in [-0.05, 0) is 49.8 Å². The predicted octanol–water partition coefficient (Wildman–Crippen LogP) is 3.67. The standard InChI is InChI=1S/C15H19N3O2S2/c1-5-21-15-18-17-14(22-15)16-13(19)11(4)20-12-7-6-9(2)10(3)8-12/h6-8,11H,5H2,1-4H3,(H,16,17,19)/t11-/m1/s1. The third kappa shape index (κ3) is 4.45. The van der Waals surface area contributed by atoms with E-state index in [1.807, 2.05) is 39.0 Å². The van der Waals surface area contributed by atoms with E-state index in [-0.39, 0.29) is 5.91 Å². The molecule has 0 fully saturated rings. The number of nitrogens with one attached hydrogen (secondary N) is 1. The Morgan fingerprint density at radius 2 is 2.14 bits per heavy atom. The number of hydrogen-bond donors (Lipinski definition) is 1. The largest absolute Gasteiger partial charge is 0.481 e. The molecule has 0 aliphatic rings. The van der Waals surface area contributed by atoms with E-state index >= 15 is 0 Å². The van der Waals surface area contributed by atoms with Crippen molar-refractivity contribution in [2.75, 3.05) is 11.1 Å². The zero-order valence-electron chi connectivity index (χ0n) is 13.0. The SMILES string of the molecule is CCSc1nnc(NC(=O)[C@@H](C)Oc2ccc(C)c(C)c2)s1. The molecule has 0 saturated carbocycles. The van der Waals surface area contributed by atoms with Crippen molar-refractivity contribution in [3.63, 3.8) is 0 Å². The zero-order chi connectivity index (χ0) is 16.1.